The maximum Gasteiger partial charge on any atom is 0.262 e. The second-order valence-corrected chi connectivity index (χ2v) is 7.94. The fourth-order valence-electron chi connectivity index (χ4n) is 2.97. The van der Waals surface area contributed by atoms with Crippen LogP contribution < -0.4 is 4.90 Å². The number of aliphatic imine (C=N–C) groups is 1. The van der Waals surface area contributed by atoms with E-state index in [0.29, 0.717) is 25.1 Å². The Balaban J connectivity index is 2.57. The van der Waals surface area contributed by atoms with Crippen LogP contribution in [-0.4, -0.2) is 54.0 Å². The van der Waals surface area contributed by atoms with Crippen LogP contribution in [0.25, 0.3) is 0 Å². The molecule has 0 bridgehead atoms. The first kappa shape index (κ1) is 22.2. The second-order valence-electron chi connectivity index (χ2n) is 6.94. The molecule has 0 aromatic heterocycles. The predicted molar refractivity (Wildman–Crippen MR) is 120 cm³/mol. The lowest BCUT2D eigenvalue weighted by Gasteiger charge is -2.22. The molecule has 0 fully saturated rings. The van der Waals surface area contributed by atoms with Crippen LogP contribution >= 0.6 is 11.8 Å². The Bertz CT molecular complexity index is 799. The van der Waals surface area contributed by atoms with E-state index in [-0.39, 0.29) is 12.5 Å². The van der Waals surface area contributed by atoms with Gasteiger partial charge in [-0.3, -0.25) is 4.79 Å². The summed E-state index contributed by atoms with van der Waals surface area (Å²) in [4.78, 5) is 22.2. The normalized spacial score (nSPS) is 16.7. The Morgan fingerprint density at radius 3 is 2.71 bits per heavy atom. The first-order valence-corrected chi connectivity index (χ1v) is 10.9. The van der Waals surface area contributed by atoms with Crippen molar-refractivity contribution in [3.8, 4) is 0 Å². The number of aliphatic hydroxyl groups excluding tert-OH is 1. The predicted octanol–water partition coefficient (Wildman–Crippen LogP) is 3.85. The summed E-state index contributed by atoms with van der Waals surface area (Å²) >= 11 is 1.58. The average Bonchev–Trinajstić information content (AvgIpc) is 2.80. The Labute approximate surface area is 172 Å². The highest BCUT2D eigenvalue weighted by atomic mass is 32.2. The van der Waals surface area contributed by atoms with Crippen LogP contribution in [-0.2, 0) is 11.2 Å². The summed E-state index contributed by atoms with van der Waals surface area (Å²) in [6.45, 7) is 7.46. The molecule has 152 valence electrons. The van der Waals surface area contributed by atoms with Crippen molar-refractivity contribution in [3.63, 3.8) is 0 Å². The van der Waals surface area contributed by atoms with Gasteiger partial charge < -0.3 is 14.9 Å². The zero-order valence-corrected chi connectivity index (χ0v) is 18.3. The third-order valence-electron chi connectivity index (χ3n) is 4.87. The molecule has 1 amide bonds. The van der Waals surface area contributed by atoms with Crippen LogP contribution in [0, 0.1) is 0 Å². The number of likely N-dealkylation sites (N-methyl/N-ethyl adjacent to an activating group) is 1. The Morgan fingerprint density at radius 2 is 2.07 bits per heavy atom. The van der Waals surface area contributed by atoms with Crippen molar-refractivity contribution in [3.05, 3.63) is 52.9 Å². The summed E-state index contributed by atoms with van der Waals surface area (Å²) in [6, 6.07) is 7.86. The van der Waals surface area contributed by atoms with Crippen molar-refractivity contribution in [2.45, 2.75) is 33.6 Å². The molecule has 0 saturated carbocycles. The second kappa shape index (κ2) is 10.5. The Hall–Kier alpha value is -2.05. The van der Waals surface area contributed by atoms with Gasteiger partial charge in [-0.25, -0.2) is 4.99 Å². The van der Waals surface area contributed by atoms with Crippen LogP contribution in [0.5, 0.6) is 0 Å². The zero-order valence-electron chi connectivity index (χ0n) is 17.5. The molecule has 1 N–H and O–H groups in total. The van der Waals surface area contributed by atoms with Gasteiger partial charge in [0.2, 0.25) is 0 Å². The number of thioether (sulfide) groups is 1. The molecule has 0 unspecified atom stereocenters. The van der Waals surface area contributed by atoms with Gasteiger partial charge in [-0.1, -0.05) is 24.6 Å². The minimum absolute atomic E-state index is 0.0362. The van der Waals surface area contributed by atoms with E-state index in [4.69, 9.17) is 4.99 Å². The Morgan fingerprint density at radius 1 is 1.32 bits per heavy atom. The van der Waals surface area contributed by atoms with Crippen LogP contribution in [0.4, 0.5) is 5.69 Å². The van der Waals surface area contributed by atoms with Gasteiger partial charge in [0.1, 0.15) is 5.82 Å². The molecule has 1 aliphatic heterocycles. The van der Waals surface area contributed by atoms with Gasteiger partial charge in [-0.2, -0.15) is 0 Å². The minimum Gasteiger partial charge on any atom is -0.396 e. The van der Waals surface area contributed by atoms with E-state index in [1.807, 2.05) is 62.4 Å². The topological polar surface area (TPSA) is 56.1 Å². The number of carbonyl (C=O) groups is 1. The lowest BCUT2D eigenvalue weighted by Crippen LogP contribution is -2.34. The van der Waals surface area contributed by atoms with E-state index in [1.165, 1.54) is 0 Å². The molecule has 1 aromatic rings. The number of aliphatic hydroxyl groups is 1. The zero-order chi connectivity index (χ0) is 20.7. The number of amides is 1. The van der Waals surface area contributed by atoms with Crippen LogP contribution in [0.1, 0.15) is 32.8 Å². The van der Waals surface area contributed by atoms with E-state index in [9.17, 15) is 9.90 Å². The highest BCUT2D eigenvalue weighted by Gasteiger charge is 2.28. The van der Waals surface area contributed by atoms with Crippen LogP contribution in [0.3, 0.4) is 0 Å². The largest absolute Gasteiger partial charge is 0.396 e. The number of benzene rings is 1. The quantitative estimate of drug-likeness (QED) is 0.581. The number of rotatable bonds is 6. The third kappa shape index (κ3) is 5.49. The number of anilines is 1. The molecule has 5 nitrogen and oxygen atoms in total. The van der Waals surface area contributed by atoms with Crippen LogP contribution in [0.15, 0.2) is 52.3 Å². The van der Waals surface area contributed by atoms with Crippen molar-refractivity contribution in [2.24, 2.45) is 4.99 Å². The summed E-state index contributed by atoms with van der Waals surface area (Å²) in [7, 11) is 1.99. The van der Waals surface area contributed by atoms with Crippen molar-refractivity contribution in [1.82, 2.24) is 4.90 Å². The van der Waals surface area contributed by atoms with Gasteiger partial charge in [0.05, 0.1) is 10.6 Å². The highest BCUT2D eigenvalue weighted by Crippen LogP contribution is 2.26. The summed E-state index contributed by atoms with van der Waals surface area (Å²) < 4.78 is 0. The lowest BCUT2D eigenvalue weighted by atomic mass is 10.1. The maximum absolute atomic E-state index is 13.6. The van der Waals surface area contributed by atoms with Gasteiger partial charge in [0, 0.05) is 32.4 Å². The average molecular weight is 402 g/mol. The van der Waals surface area contributed by atoms with Crippen LogP contribution in [0.2, 0.25) is 0 Å². The van der Waals surface area contributed by atoms with Crippen molar-refractivity contribution >= 4 is 28.4 Å². The molecule has 0 aliphatic carbocycles. The van der Waals surface area contributed by atoms with Crippen molar-refractivity contribution in [2.75, 3.05) is 37.9 Å². The molecule has 1 heterocycles. The van der Waals surface area contributed by atoms with Crippen molar-refractivity contribution in [1.29, 1.82) is 0 Å². The molecular formula is C22H31N3O2S. The number of nitrogens with zero attached hydrogens (tertiary/aromatic N) is 3. The minimum atomic E-state index is -0.0362. The smallest absolute Gasteiger partial charge is 0.262 e. The van der Waals surface area contributed by atoms with E-state index >= 15 is 0 Å². The summed E-state index contributed by atoms with van der Waals surface area (Å²) in [5.41, 5.74) is 3.64. The number of allylic oxidation sites excluding steroid dienone is 1. The molecule has 0 spiro atoms. The standard InChI is InChI=1S/C22H31N3O2S/c1-6-16(2)14-20-21(23-17(3)28-5)24(4)11-12-25(22(20)27)19-9-7-8-18(15-19)10-13-26/h7-9,14-15,26H,6,10-13H2,1-5H3/b16-14-,23-17+. The maximum atomic E-state index is 13.6. The molecule has 1 aliphatic rings. The number of hydrogen-bond donors (Lipinski definition) is 1. The molecule has 0 saturated heterocycles. The first-order chi connectivity index (χ1) is 13.4. The van der Waals surface area contributed by atoms with Gasteiger partial charge >= 0.3 is 0 Å². The monoisotopic (exact) mass is 401 g/mol. The highest BCUT2D eigenvalue weighted by molar-refractivity contribution is 8.13. The lowest BCUT2D eigenvalue weighted by molar-refractivity contribution is -0.114. The molecule has 0 atom stereocenters. The Kier molecular flexibility index (Phi) is 8.33. The SMILES string of the molecule is CC/C(C)=C\C1=C(/N=C(\C)SC)N(C)CCN(c2cccc(CCO)c2)C1=O. The van der Waals surface area contributed by atoms with Gasteiger partial charge in [-0.05, 0) is 56.7 Å². The molecular weight excluding hydrogens is 370 g/mol. The van der Waals surface area contributed by atoms with E-state index in [0.717, 1.165) is 34.1 Å². The fourth-order valence-corrected chi connectivity index (χ4v) is 3.15. The fraction of sp³-hybridized carbons (Fsp3) is 0.455. The molecule has 1 aromatic carbocycles. The molecule has 6 heteroatoms. The van der Waals surface area contributed by atoms with E-state index < -0.39 is 0 Å². The number of carbonyl (C=O) groups excluding carboxylic acids is 1. The van der Waals surface area contributed by atoms with E-state index in [1.54, 1.807) is 11.8 Å². The molecule has 2 rings (SSSR count). The van der Waals surface area contributed by atoms with E-state index in [2.05, 4.69) is 11.8 Å². The third-order valence-corrected chi connectivity index (χ3v) is 5.55. The summed E-state index contributed by atoms with van der Waals surface area (Å²) in [6.07, 6.45) is 5.42. The first-order valence-electron chi connectivity index (χ1n) is 9.64. The number of hydrogen-bond acceptors (Lipinski definition) is 5. The molecule has 28 heavy (non-hydrogen) atoms. The molecule has 0 radical (unpaired) electrons. The van der Waals surface area contributed by atoms with Gasteiger partial charge in [-0.15, -0.1) is 11.8 Å². The van der Waals surface area contributed by atoms with Crippen molar-refractivity contribution < 1.29 is 9.90 Å². The van der Waals surface area contributed by atoms with Gasteiger partial charge in [0.15, 0.2) is 0 Å². The summed E-state index contributed by atoms with van der Waals surface area (Å²) in [5, 5.41) is 10.2. The van der Waals surface area contributed by atoms with Gasteiger partial charge in [0.25, 0.3) is 5.91 Å². The summed E-state index contributed by atoms with van der Waals surface area (Å²) in [5.74, 6) is 0.685.